The minimum absolute atomic E-state index is 0.162. The highest BCUT2D eigenvalue weighted by Crippen LogP contribution is 2.36. The maximum absolute atomic E-state index is 6.46. The second-order valence-electron chi connectivity index (χ2n) is 9.94. The number of hydrogen-bond acceptors (Lipinski definition) is 2. The van der Waals surface area contributed by atoms with E-state index in [1.54, 1.807) is 0 Å². The minimum Gasteiger partial charge on any atom is -0.424 e. The first-order chi connectivity index (χ1) is 15.9. The van der Waals surface area contributed by atoms with Gasteiger partial charge in [-0.2, -0.15) is 4.98 Å². The summed E-state index contributed by atoms with van der Waals surface area (Å²) >= 11 is 0. The number of nitrogens with zero attached hydrogens (tertiary/aromatic N) is 2. The van der Waals surface area contributed by atoms with Gasteiger partial charge >= 0.3 is 5.84 Å². The molecule has 0 aliphatic carbocycles. The van der Waals surface area contributed by atoms with Gasteiger partial charge in [0.25, 0.3) is 0 Å². The number of rotatable bonds is 1. The smallest absolute Gasteiger partial charge is 0.307 e. The van der Waals surface area contributed by atoms with Crippen LogP contribution in [0.3, 0.4) is 0 Å². The van der Waals surface area contributed by atoms with E-state index in [-0.39, 0.29) is 6.71 Å². The van der Waals surface area contributed by atoms with E-state index in [1.165, 1.54) is 71.6 Å². The zero-order valence-electron chi connectivity index (χ0n) is 19.9. The highest BCUT2D eigenvalue weighted by Gasteiger charge is 2.36. The number of benzene rings is 4. The summed E-state index contributed by atoms with van der Waals surface area (Å²) in [5.41, 5.74) is 16.3. The molecule has 0 N–H and O–H groups in total. The van der Waals surface area contributed by atoms with Crippen molar-refractivity contribution in [1.29, 1.82) is 0 Å². The van der Waals surface area contributed by atoms with Crippen molar-refractivity contribution in [3.8, 4) is 0 Å². The lowest BCUT2D eigenvalue weighted by molar-refractivity contribution is 0.624. The van der Waals surface area contributed by atoms with Crippen LogP contribution in [-0.4, -0.2) is 16.1 Å². The van der Waals surface area contributed by atoms with Gasteiger partial charge in [-0.05, 0) is 86.2 Å². The quantitative estimate of drug-likeness (QED) is 0.342. The second kappa shape index (κ2) is 6.08. The highest BCUT2D eigenvalue weighted by molar-refractivity contribution is 6.99. The van der Waals surface area contributed by atoms with Gasteiger partial charge in [0.05, 0.1) is 16.6 Å². The van der Waals surface area contributed by atoms with Crippen molar-refractivity contribution in [1.82, 2.24) is 9.38 Å². The van der Waals surface area contributed by atoms with Crippen LogP contribution in [0, 0.1) is 41.5 Å². The summed E-state index contributed by atoms with van der Waals surface area (Å²) in [5, 5.41) is 2.52. The molecule has 0 spiro atoms. The van der Waals surface area contributed by atoms with Crippen molar-refractivity contribution in [2.45, 2.75) is 41.5 Å². The first kappa shape index (κ1) is 19.0. The Bertz CT molecular complexity index is 1820. The van der Waals surface area contributed by atoms with Crippen LogP contribution >= 0.6 is 0 Å². The molecule has 2 aromatic heterocycles. The summed E-state index contributed by atoms with van der Waals surface area (Å²) in [6.45, 7) is 13.5. The molecule has 0 unspecified atom stereocenters. The van der Waals surface area contributed by atoms with Gasteiger partial charge < -0.3 is 4.42 Å². The Labute approximate surface area is 193 Å². The molecule has 0 saturated carbocycles. The van der Waals surface area contributed by atoms with Crippen LogP contribution < -0.4 is 16.4 Å². The fraction of sp³-hybridized carbons (Fsp3) is 0.207. The Morgan fingerprint density at radius 3 is 2.18 bits per heavy atom. The minimum atomic E-state index is 0.162. The number of imidazole rings is 1. The SMILES string of the molecule is Cc1cccc(C)c1B1c2cc(C)c(C)c3nc4oc5ccc(C)c6c(C)cc1c(c56)n4c23. The molecule has 4 aromatic carbocycles. The largest absolute Gasteiger partial charge is 0.424 e. The Balaban J connectivity index is 1.84. The third-order valence-corrected chi connectivity index (χ3v) is 7.97. The van der Waals surface area contributed by atoms with Gasteiger partial charge in [0.2, 0.25) is 6.71 Å². The van der Waals surface area contributed by atoms with Crippen molar-refractivity contribution >= 4 is 61.9 Å². The van der Waals surface area contributed by atoms with Crippen molar-refractivity contribution < 1.29 is 4.42 Å². The first-order valence-electron chi connectivity index (χ1n) is 11.7. The van der Waals surface area contributed by atoms with E-state index >= 15 is 0 Å². The molecule has 0 atom stereocenters. The number of aromatic nitrogens is 2. The lowest BCUT2D eigenvalue weighted by Gasteiger charge is -2.28. The zero-order chi connectivity index (χ0) is 22.8. The molecular weight excluding hydrogens is 403 g/mol. The van der Waals surface area contributed by atoms with Crippen LogP contribution in [0.1, 0.15) is 33.4 Å². The molecule has 4 heteroatoms. The van der Waals surface area contributed by atoms with Crippen LogP contribution in [0.2, 0.25) is 0 Å². The molecule has 3 heterocycles. The standard InChI is InChI=1S/C29H25BN2O/c1-14-10-11-22-24-23(14)18(5)13-20-27(24)32-28-21(30(20)25-15(2)8-7-9-16(25)3)12-17(4)19(6)26(28)31-29(32)33-22/h7-13H,1-6H3. The normalized spacial score (nSPS) is 13.1. The summed E-state index contributed by atoms with van der Waals surface area (Å²) < 4.78 is 8.76. The average Bonchev–Trinajstić information content (AvgIpc) is 3.16. The van der Waals surface area contributed by atoms with E-state index < -0.39 is 0 Å². The van der Waals surface area contributed by atoms with E-state index in [0.717, 1.165) is 11.1 Å². The highest BCUT2D eigenvalue weighted by atomic mass is 16.3. The van der Waals surface area contributed by atoms with Gasteiger partial charge in [0.1, 0.15) is 5.58 Å². The van der Waals surface area contributed by atoms with Crippen LogP contribution in [0.25, 0.3) is 38.7 Å². The van der Waals surface area contributed by atoms with Gasteiger partial charge in [0, 0.05) is 5.39 Å². The molecule has 33 heavy (non-hydrogen) atoms. The van der Waals surface area contributed by atoms with Gasteiger partial charge in [-0.15, -0.1) is 0 Å². The topological polar surface area (TPSA) is 30.4 Å². The van der Waals surface area contributed by atoms with Gasteiger partial charge in [0.15, 0.2) is 0 Å². The monoisotopic (exact) mass is 428 g/mol. The molecule has 6 aromatic rings. The van der Waals surface area contributed by atoms with Gasteiger partial charge in [-0.3, -0.25) is 4.40 Å². The van der Waals surface area contributed by atoms with E-state index in [2.05, 4.69) is 88.4 Å². The lowest BCUT2D eigenvalue weighted by atomic mass is 9.34. The predicted octanol–water partition coefficient (Wildman–Crippen LogP) is 5.07. The van der Waals surface area contributed by atoms with Crippen LogP contribution in [0.4, 0.5) is 0 Å². The van der Waals surface area contributed by atoms with E-state index in [4.69, 9.17) is 9.40 Å². The fourth-order valence-electron chi connectivity index (χ4n) is 6.37. The van der Waals surface area contributed by atoms with Crippen LogP contribution in [0.5, 0.6) is 0 Å². The first-order valence-corrected chi connectivity index (χ1v) is 11.7. The zero-order valence-corrected chi connectivity index (χ0v) is 19.9. The summed E-state index contributed by atoms with van der Waals surface area (Å²) in [7, 11) is 0. The maximum Gasteiger partial charge on any atom is 0.307 e. The predicted molar refractivity (Wildman–Crippen MR) is 139 cm³/mol. The Morgan fingerprint density at radius 1 is 0.727 bits per heavy atom. The summed E-state index contributed by atoms with van der Waals surface area (Å²) in [4.78, 5) is 5.05. The van der Waals surface area contributed by atoms with E-state index in [9.17, 15) is 0 Å². The fourth-order valence-corrected chi connectivity index (χ4v) is 6.37. The summed E-state index contributed by atoms with van der Waals surface area (Å²) in [5.74, 6) is 0.683. The Morgan fingerprint density at radius 2 is 1.42 bits per heavy atom. The molecule has 7 rings (SSSR count). The van der Waals surface area contributed by atoms with Crippen molar-refractivity contribution in [2.75, 3.05) is 0 Å². The average molecular weight is 428 g/mol. The van der Waals surface area contributed by atoms with Crippen LogP contribution in [0.15, 0.2) is 46.9 Å². The molecule has 3 nitrogen and oxygen atoms in total. The van der Waals surface area contributed by atoms with E-state index in [1.807, 2.05) is 0 Å². The molecular formula is C29H25BN2O. The lowest BCUT2D eigenvalue weighted by Crippen LogP contribution is -2.56. The molecule has 1 aliphatic heterocycles. The van der Waals surface area contributed by atoms with Gasteiger partial charge in [-0.1, -0.05) is 53.0 Å². The molecule has 0 radical (unpaired) electrons. The van der Waals surface area contributed by atoms with Crippen LogP contribution in [-0.2, 0) is 0 Å². The molecule has 0 fully saturated rings. The Hall–Kier alpha value is -3.53. The summed E-state index contributed by atoms with van der Waals surface area (Å²) in [6.07, 6.45) is 0. The third-order valence-electron chi connectivity index (χ3n) is 7.97. The number of hydrogen-bond donors (Lipinski definition) is 0. The van der Waals surface area contributed by atoms with Crippen molar-refractivity contribution in [3.63, 3.8) is 0 Å². The molecule has 0 amide bonds. The van der Waals surface area contributed by atoms with Crippen molar-refractivity contribution in [3.05, 3.63) is 75.8 Å². The second-order valence-corrected chi connectivity index (χ2v) is 9.94. The van der Waals surface area contributed by atoms with Gasteiger partial charge in [-0.25, -0.2) is 0 Å². The molecule has 1 aliphatic rings. The van der Waals surface area contributed by atoms with Crippen molar-refractivity contribution in [2.24, 2.45) is 0 Å². The Kier molecular flexibility index (Phi) is 3.50. The maximum atomic E-state index is 6.46. The molecule has 160 valence electrons. The molecule has 0 saturated heterocycles. The third kappa shape index (κ3) is 2.19. The summed E-state index contributed by atoms with van der Waals surface area (Å²) in [6, 6.07) is 15.7. The van der Waals surface area contributed by atoms with E-state index in [0.29, 0.717) is 5.84 Å². The number of aryl methyl sites for hydroxylation is 6. The molecule has 0 bridgehead atoms.